The van der Waals surface area contributed by atoms with Crippen LogP contribution in [-0.2, 0) is 4.74 Å². The summed E-state index contributed by atoms with van der Waals surface area (Å²) in [6.07, 6.45) is 13.2. The molecule has 0 spiro atoms. The molecule has 2 nitrogen and oxygen atoms in total. The van der Waals surface area contributed by atoms with E-state index in [-0.39, 0.29) is 18.1 Å². The SMILES string of the molecule is CC(C)(CO)[C@@H]1O[C@@H]2CCCC[C@@H]2[C@@H]2C=CCC[C@H]21. The summed E-state index contributed by atoms with van der Waals surface area (Å²) in [6.45, 7) is 4.55. The maximum absolute atomic E-state index is 9.73. The van der Waals surface area contributed by atoms with Crippen LogP contribution in [0.4, 0.5) is 0 Å². The summed E-state index contributed by atoms with van der Waals surface area (Å²) < 4.78 is 6.52. The van der Waals surface area contributed by atoms with Gasteiger partial charge in [-0.1, -0.05) is 38.8 Å². The Morgan fingerprint density at radius 2 is 1.95 bits per heavy atom. The minimum Gasteiger partial charge on any atom is -0.396 e. The van der Waals surface area contributed by atoms with Gasteiger partial charge in [0.15, 0.2) is 0 Å². The lowest BCUT2D eigenvalue weighted by Gasteiger charge is -2.53. The fraction of sp³-hybridized carbons (Fsp3) is 0.882. The van der Waals surface area contributed by atoms with Crippen molar-refractivity contribution >= 4 is 0 Å². The average molecular weight is 264 g/mol. The molecule has 2 fully saturated rings. The molecular formula is C17H28O2. The molecule has 5 atom stereocenters. The lowest BCUT2D eigenvalue weighted by molar-refractivity contribution is -0.195. The summed E-state index contributed by atoms with van der Waals surface area (Å²) in [5, 5.41) is 9.73. The standard InChI is InChI=1S/C17H28O2/c1-17(2,11-18)16-14-9-4-3-7-12(14)13-8-5-6-10-15(13)19-16/h3,7,12-16,18H,4-6,8-11H2,1-2H3/t12-,13+,14+,15+,16+/m0/s1. The fourth-order valence-corrected chi connectivity index (χ4v) is 4.57. The molecule has 0 aromatic rings. The molecule has 1 saturated heterocycles. The van der Waals surface area contributed by atoms with Gasteiger partial charge < -0.3 is 9.84 Å². The van der Waals surface area contributed by atoms with E-state index in [9.17, 15) is 5.11 Å². The first kappa shape index (κ1) is 13.6. The quantitative estimate of drug-likeness (QED) is 0.773. The van der Waals surface area contributed by atoms with Crippen LogP contribution >= 0.6 is 0 Å². The Bertz CT molecular complexity index is 347. The zero-order valence-corrected chi connectivity index (χ0v) is 12.3. The van der Waals surface area contributed by atoms with Crippen molar-refractivity contribution in [2.45, 2.75) is 64.6 Å². The van der Waals surface area contributed by atoms with E-state index < -0.39 is 0 Å². The van der Waals surface area contributed by atoms with E-state index in [1.807, 2.05) is 0 Å². The third kappa shape index (κ3) is 2.38. The van der Waals surface area contributed by atoms with Gasteiger partial charge in [-0.15, -0.1) is 0 Å². The third-order valence-electron chi connectivity index (χ3n) is 5.66. The number of ether oxygens (including phenoxy) is 1. The number of aliphatic hydroxyl groups is 1. The summed E-state index contributed by atoms with van der Waals surface area (Å²) in [7, 11) is 0. The van der Waals surface area contributed by atoms with Crippen molar-refractivity contribution in [2.75, 3.05) is 6.61 Å². The Labute approximate surface area is 117 Å². The number of aliphatic hydroxyl groups excluding tert-OH is 1. The highest BCUT2D eigenvalue weighted by molar-refractivity contribution is 5.08. The Balaban J connectivity index is 1.88. The molecule has 0 radical (unpaired) electrons. The minimum atomic E-state index is -0.115. The molecule has 19 heavy (non-hydrogen) atoms. The van der Waals surface area contributed by atoms with Crippen molar-refractivity contribution in [1.82, 2.24) is 0 Å². The fourth-order valence-electron chi connectivity index (χ4n) is 4.57. The Morgan fingerprint density at radius 3 is 2.74 bits per heavy atom. The Morgan fingerprint density at radius 1 is 1.16 bits per heavy atom. The lowest BCUT2D eigenvalue weighted by atomic mass is 9.62. The summed E-state index contributed by atoms with van der Waals surface area (Å²) in [5.41, 5.74) is -0.115. The van der Waals surface area contributed by atoms with E-state index >= 15 is 0 Å². The first-order valence-corrected chi connectivity index (χ1v) is 8.06. The summed E-state index contributed by atoms with van der Waals surface area (Å²) >= 11 is 0. The lowest BCUT2D eigenvalue weighted by Crippen LogP contribution is -2.54. The number of hydrogen-bond donors (Lipinski definition) is 1. The first-order valence-electron chi connectivity index (χ1n) is 8.06. The van der Waals surface area contributed by atoms with Gasteiger partial charge in [0.2, 0.25) is 0 Å². The van der Waals surface area contributed by atoms with Crippen LogP contribution in [-0.4, -0.2) is 23.9 Å². The van der Waals surface area contributed by atoms with E-state index in [4.69, 9.17) is 4.74 Å². The molecule has 108 valence electrons. The second-order valence-corrected chi connectivity index (χ2v) is 7.44. The maximum Gasteiger partial charge on any atom is 0.0685 e. The molecule has 2 aliphatic carbocycles. The van der Waals surface area contributed by atoms with Crippen molar-refractivity contribution in [1.29, 1.82) is 0 Å². The number of hydrogen-bond acceptors (Lipinski definition) is 2. The van der Waals surface area contributed by atoms with E-state index in [1.165, 1.54) is 38.5 Å². The summed E-state index contributed by atoms with van der Waals surface area (Å²) in [6, 6.07) is 0. The largest absolute Gasteiger partial charge is 0.396 e. The minimum absolute atomic E-state index is 0.115. The van der Waals surface area contributed by atoms with E-state index in [1.54, 1.807) is 0 Å². The van der Waals surface area contributed by atoms with Gasteiger partial charge in [0.1, 0.15) is 0 Å². The van der Waals surface area contributed by atoms with Crippen LogP contribution in [0.25, 0.3) is 0 Å². The predicted octanol–water partition coefficient (Wildman–Crippen LogP) is 3.54. The predicted molar refractivity (Wildman–Crippen MR) is 76.8 cm³/mol. The smallest absolute Gasteiger partial charge is 0.0685 e. The van der Waals surface area contributed by atoms with Crippen molar-refractivity contribution in [2.24, 2.45) is 23.2 Å². The molecule has 1 saturated carbocycles. The maximum atomic E-state index is 9.73. The zero-order valence-electron chi connectivity index (χ0n) is 12.3. The molecule has 0 bridgehead atoms. The van der Waals surface area contributed by atoms with E-state index in [0.717, 1.165) is 5.92 Å². The first-order chi connectivity index (χ1) is 9.13. The van der Waals surface area contributed by atoms with Gasteiger partial charge in [-0.2, -0.15) is 0 Å². The van der Waals surface area contributed by atoms with Gasteiger partial charge in [-0.25, -0.2) is 0 Å². The Kier molecular flexibility index (Phi) is 3.74. The number of rotatable bonds is 2. The molecule has 1 N–H and O–H groups in total. The second-order valence-electron chi connectivity index (χ2n) is 7.44. The highest BCUT2D eigenvalue weighted by Gasteiger charge is 2.49. The molecule has 0 aromatic heterocycles. The molecule has 1 aliphatic heterocycles. The van der Waals surface area contributed by atoms with Crippen molar-refractivity contribution in [3.05, 3.63) is 12.2 Å². The zero-order chi connectivity index (χ0) is 13.5. The van der Waals surface area contributed by atoms with Crippen molar-refractivity contribution in [3.8, 4) is 0 Å². The number of allylic oxidation sites excluding steroid dienone is 2. The Hall–Kier alpha value is -0.340. The van der Waals surface area contributed by atoms with Crippen LogP contribution in [0.1, 0.15) is 52.4 Å². The van der Waals surface area contributed by atoms with Gasteiger partial charge in [0.25, 0.3) is 0 Å². The normalized spacial score (nSPS) is 42.6. The van der Waals surface area contributed by atoms with Crippen LogP contribution < -0.4 is 0 Å². The van der Waals surface area contributed by atoms with Crippen molar-refractivity contribution < 1.29 is 9.84 Å². The average Bonchev–Trinajstić information content (AvgIpc) is 2.46. The van der Waals surface area contributed by atoms with Gasteiger partial charge in [0.05, 0.1) is 18.8 Å². The molecular weight excluding hydrogens is 236 g/mol. The monoisotopic (exact) mass is 264 g/mol. The van der Waals surface area contributed by atoms with Crippen LogP contribution in [0.3, 0.4) is 0 Å². The second kappa shape index (κ2) is 5.21. The molecule has 3 aliphatic rings. The molecule has 2 heteroatoms. The summed E-state index contributed by atoms with van der Waals surface area (Å²) in [5.74, 6) is 2.05. The van der Waals surface area contributed by atoms with Crippen molar-refractivity contribution in [3.63, 3.8) is 0 Å². The van der Waals surface area contributed by atoms with Crippen LogP contribution in [0.15, 0.2) is 12.2 Å². The number of fused-ring (bicyclic) bond motifs is 3. The molecule has 3 rings (SSSR count). The highest BCUT2D eigenvalue weighted by Crippen LogP contribution is 2.50. The van der Waals surface area contributed by atoms with E-state index in [0.29, 0.717) is 17.9 Å². The van der Waals surface area contributed by atoms with Gasteiger partial charge in [0, 0.05) is 5.41 Å². The van der Waals surface area contributed by atoms with Crippen LogP contribution in [0.5, 0.6) is 0 Å². The molecule has 1 heterocycles. The topological polar surface area (TPSA) is 29.5 Å². The molecule has 0 aromatic carbocycles. The van der Waals surface area contributed by atoms with Gasteiger partial charge >= 0.3 is 0 Å². The van der Waals surface area contributed by atoms with Crippen LogP contribution in [0, 0.1) is 23.2 Å². The van der Waals surface area contributed by atoms with E-state index in [2.05, 4.69) is 26.0 Å². The molecule has 0 amide bonds. The third-order valence-corrected chi connectivity index (χ3v) is 5.66. The molecule has 0 unspecified atom stereocenters. The van der Waals surface area contributed by atoms with Gasteiger partial charge in [-0.05, 0) is 43.4 Å². The van der Waals surface area contributed by atoms with Gasteiger partial charge in [-0.3, -0.25) is 0 Å². The van der Waals surface area contributed by atoms with Crippen LogP contribution in [0.2, 0.25) is 0 Å². The summed E-state index contributed by atoms with van der Waals surface area (Å²) in [4.78, 5) is 0. The highest BCUT2D eigenvalue weighted by atomic mass is 16.5.